The van der Waals surface area contributed by atoms with E-state index in [1.165, 1.54) is 0 Å². The zero-order valence-electron chi connectivity index (χ0n) is 10.7. The number of hydrogen-bond acceptors (Lipinski definition) is 1. The van der Waals surface area contributed by atoms with Gasteiger partial charge in [-0.05, 0) is 69.0 Å². The fraction of sp³-hybridized carbons (Fsp3) is 0.133. The topological polar surface area (TPSA) is 17.1 Å². The van der Waals surface area contributed by atoms with Crippen LogP contribution < -0.4 is 0 Å². The highest BCUT2D eigenvalue weighted by atomic mass is 79.9. The molecule has 2 rings (SSSR count). The molecule has 20 heavy (non-hydrogen) atoms. The summed E-state index contributed by atoms with van der Waals surface area (Å²) in [5.41, 5.74) is 2.55. The Hall–Kier alpha value is -0.350. The van der Waals surface area contributed by atoms with Crippen LogP contribution in [0.25, 0.3) is 0 Å². The van der Waals surface area contributed by atoms with Gasteiger partial charge in [0.2, 0.25) is 0 Å². The molecule has 0 heterocycles. The van der Waals surface area contributed by atoms with E-state index in [0.717, 1.165) is 11.1 Å². The highest BCUT2D eigenvalue weighted by Gasteiger charge is 2.23. The first-order chi connectivity index (χ1) is 9.34. The molecule has 0 unspecified atom stereocenters. The lowest BCUT2D eigenvalue weighted by molar-refractivity contribution is 0.103. The molecule has 0 bridgehead atoms. The molecule has 104 valence electrons. The van der Waals surface area contributed by atoms with Gasteiger partial charge < -0.3 is 0 Å². The van der Waals surface area contributed by atoms with E-state index < -0.39 is 0 Å². The van der Waals surface area contributed by atoms with E-state index in [0.29, 0.717) is 30.1 Å². The largest absolute Gasteiger partial charge is 0.288 e. The summed E-state index contributed by atoms with van der Waals surface area (Å²) in [7, 11) is 0. The first kappa shape index (κ1) is 16.0. The summed E-state index contributed by atoms with van der Waals surface area (Å²) in [4.78, 5) is 12.8. The predicted octanol–water partition coefficient (Wildman–Crippen LogP) is 6.37. The van der Waals surface area contributed by atoms with E-state index in [9.17, 15) is 4.79 Å². The maximum atomic E-state index is 12.8. The van der Waals surface area contributed by atoms with Gasteiger partial charge in [0.15, 0.2) is 5.78 Å². The van der Waals surface area contributed by atoms with Crippen LogP contribution in [0.5, 0.6) is 0 Å². The Balaban J connectivity index is 2.71. The van der Waals surface area contributed by atoms with Crippen molar-refractivity contribution in [1.29, 1.82) is 0 Å². The monoisotopic (exact) mass is 434 g/mol. The minimum absolute atomic E-state index is 0.203. The lowest BCUT2D eigenvalue weighted by Gasteiger charge is -2.12. The molecule has 0 aliphatic rings. The summed E-state index contributed by atoms with van der Waals surface area (Å²) in [6.45, 7) is 3.72. The van der Waals surface area contributed by atoms with Crippen LogP contribution in [-0.4, -0.2) is 5.78 Å². The number of aryl methyl sites for hydroxylation is 2. The van der Waals surface area contributed by atoms with Crippen molar-refractivity contribution in [3.8, 4) is 0 Å². The Labute approximate surface area is 144 Å². The van der Waals surface area contributed by atoms with E-state index in [1.54, 1.807) is 0 Å². The first-order valence-corrected chi connectivity index (χ1v) is 8.12. The van der Waals surface area contributed by atoms with Crippen molar-refractivity contribution in [2.24, 2.45) is 0 Å². The maximum Gasteiger partial charge on any atom is 0.198 e. The van der Waals surface area contributed by atoms with Crippen molar-refractivity contribution in [1.82, 2.24) is 0 Å². The Morgan fingerprint density at radius 3 is 1.55 bits per heavy atom. The molecule has 1 nitrogen and oxygen atoms in total. The SMILES string of the molecule is Cc1ccc(Br)c(C(=O)c2c(Br)ccc(C)c2Cl)c1Cl. The Kier molecular flexibility index (Phi) is 4.96. The van der Waals surface area contributed by atoms with Crippen LogP contribution in [-0.2, 0) is 0 Å². The van der Waals surface area contributed by atoms with Crippen LogP contribution >= 0.6 is 55.1 Å². The fourth-order valence-corrected chi connectivity index (χ4v) is 3.61. The minimum atomic E-state index is -0.203. The molecule has 2 aromatic rings. The number of rotatable bonds is 2. The van der Waals surface area contributed by atoms with Crippen molar-refractivity contribution in [3.05, 3.63) is 65.5 Å². The van der Waals surface area contributed by atoms with Gasteiger partial charge in [-0.3, -0.25) is 4.79 Å². The molecule has 0 saturated carbocycles. The predicted molar refractivity (Wildman–Crippen MR) is 91.2 cm³/mol. The van der Waals surface area contributed by atoms with Crippen molar-refractivity contribution < 1.29 is 4.79 Å². The number of benzene rings is 2. The molecule has 0 fully saturated rings. The van der Waals surface area contributed by atoms with Crippen LogP contribution in [0.15, 0.2) is 33.2 Å². The fourth-order valence-electron chi connectivity index (χ4n) is 1.85. The number of carbonyl (C=O) groups is 1. The Morgan fingerprint density at radius 1 is 0.850 bits per heavy atom. The van der Waals surface area contributed by atoms with Gasteiger partial charge in [0.05, 0.1) is 21.2 Å². The van der Waals surface area contributed by atoms with Gasteiger partial charge in [0.25, 0.3) is 0 Å². The molecule has 0 aliphatic carbocycles. The Morgan fingerprint density at radius 2 is 1.20 bits per heavy atom. The van der Waals surface area contributed by atoms with E-state index >= 15 is 0 Å². The van der Waals surface area contributed by atoms with E-state index in [2.05, 4.69) is 31.9 Å². The summed E-state index contributed by atoms with van der Waals surface area (Å²) >= 11 is 19.3. The maximum absolute atomic E-state index is 12.8. The molecule has 5 heteroatoms. The van der Waals surface area contributed by atoms with Crippen LogP contribution in [0.3, 0.4) is 0 Å². The van der Waals surface area contributed by atoms with E-state index in [1.807, 2.05) is 38.1 Å². The minimum Gasteiger partial charge on any atom is -0.288 e. The number of ketones is 1. The molecular formula is C15H10Br2Cl2O. The second-order valence-electron chi connectivity index (χ2n) is 4.44. The average Bonchev–Trinajstić information content (AvgIpc) is 2.39. The lowest BCUT2D eigenvalue weighted by Crippen LogP contribution is -2.07. The lowest BCUT2D eigenvalue weighted by atomic mass is 10.00. The molecule has 0 atom stereocenters. The zero-order chi connectivity index (χ0) is 15.0. The molecule has 0 radical (unpaired) electrons. The summed E-state index contributed by atoms with van der Waals surface area (Å²) in [6, 6.07) is 7.34. The van der Waals surface area contributed by atoms with Crippen LogP contribution in [0, 0.1) is 13.8 Å². The van der Waals surface area contributed by atoms with Gasteiger partial charge in [-0.25, -0.2) is 0 Å². The number of halogens is 4. The second kappa shape index (κ2) is 6.18. The molecular weight excluding hydrogens is 427 g/mol. The zero-order valence-corrected chi connectivity index (χ0v) is 15.4. The van der Waals surface area contributed by atoms with Crippen LogP contribution in [0.4, 0.5) is 0 Å². The molecule has 0 N–H and O–H groups in total. The van der Waals surface area contributed by atoms with Gasteiger partial charge in [-0.15, -0.1) is 0 Å². The van der Waals surface area contributed by atoms with Gasteiger partial charge in [-0.1, -0.05) is 35.3 Å². The van der Waals surface area contributed by atoms with Gasteiger partial charge in [0.1, 0.15) is 0 Å². The number of carbonyl (C=O) groups excluding carboxylic acids is 1. The quantitative estimate of drug-likeness (QED) is 0.500. The highest BCUT2D eigenvalue weighted by Crippen LogP contribution is 2.35. The third-order valence-electron chi connectivity index (χ3n) is 3.02. The second-order valence-corrected chi connectivity index (χ2v) is 6.90. The Bertz CT molecular complexity index is 652. The third kappa shape index (κ3) is 2.82. The van der Waals surface area contributed by atoms with Crippen molar-refractivity contribution in [2.75, 3.05) is 0 Å². The highest BCUT2D eigenvalue weighted by molar-refractivity contribution is 9.11. The molecule has 0 amide bonds. The van der Waals surface area contributed by atoms with Crippen LogP contribution in [0.1, 0.15) is 27.0 Å². The van der Waals surface area contributed by atoms with Gasteiger partial charge in [-0.2, -0.15) is 0 Å². The van der Waals surface area contributed by atoms with Crippen molar-refractivity contribution >= 4 is 60.8 Å². The van der Waals surface area contributed by atoms with Crippen molar-refractivity contribution in [3.63, 3.8) is 0 Å². The number of hydrogen-bond donors (Lipinski definition) is 0. The first-order valence-electron chi connectivity index (χ1n) is 5.78. The van der Waals surface area contributed by atoms with E-state index in [4.69, 9.17) is 23.2 Å². The van der Waals surface area contributed by atoms with Gasteiger partial charge in [0, 0.05) is 8.95 Å². The third-order valence-corrected chi connectivity index (χ3v) is 5.32. The smallest absolute Gasteiger partial charge is 0.198 e. The average molecular weight is 437 g/mol. The summed E-state index contributed by atoms with van der Waals surface area (Å²) < 4.78 is 1.31. The molecule has 0 aromatic heterocycles. The standard InChI is InChI=1S/C15H10Br2Cl2O/c1-7-3-5-9(16)11(13(7)18)15(20)12-10(17)6-4-8(2)14(12)19/h3-6H,1-2H3. The molecule has 0 aliphatic heterocycles. The van der Waals surface area contributed by atoms with Gasteiger partial charge >= 0.3 is 0 Å². The summed E-state index contributed by atoms with van der Waals surface area (Å²) in [6.07, 6.45) is 0. The summed E-state index contributed by atoms with van der Waals surface area (Å²) in [5.74, 6) is -0.203. The molecule has 2 aromatic carbocycles. The van der Waals surface area contributed by atoms with E-state index in [-0.39, 0.29) is 5.78 Å². The normalized spacial score (nSPS) is 10.7. The van der Waals surface area contributed by atoms with Crippen LogP contribution in [0.2, 0.25) is 10.0 Å². The molecule has 0 saturated heterocycles. The van der Waals surface area contributed by atoms with Crippen molar-refractivity contribution in [2.45, 2.75) is 13.8 Å². The molecule has 0 spiro atoms. The summed E-state index contributed by atoms with van der Waals surface area (Å²) in [5, 5.41) is 0.877.